The monoisotopic (exact) mass is 1860 g/mol. The second kappa shape index (κ2) is 49.5. The normalized spacial score (nSPS) is 18.1. The van der Waals surface area contributed by atoms with Crippen molar-refractivity contribution in [3.63, 3.8) is 0 Å². The number of pyridine rings is 5. The van der Waals surface area contributed by atoms with Gasteiger partial charge in [-0.3, -0.25) is 24.4 Å². The summed E-state index contributed by atoms with van der Waals surface area (Å²) in [4.78, 5) is 121. The third-order valence-electron chi connectivity index (χ3n) is 25.7. The Hall–Kier alpha value is -15.0. The number of esters is 1. The van der Waals surface area contributed by atoms with Crippen LogP contribution in [0.3, 0.4) is 0 Å². The van der Waals surface area contributed by atoms with Crippen molar-refractivity contribution in [2.45, 2.75) is 186 Å². The van der Waals surface area contributed by atoms with Gasteiger partial charge in [0.15, 0.2) is 5.78 Å². The van der Waals surface area contributed by atoms with E-state index in [4.69, 9.17) is 28.7 Å². The summed E-state index contributed by atoms with van der Waals surface area (Å²) in [6.45, 7) is 15.1. The largest absolute Gasteiger partial charge is 0.465 e. The molecule has 2 saturated carbocycles. The molecule has 2 amide bonds. The Kier molecular flexibility index (Phi) is 35.5. The fourth-order valence-corrected chi connectivity index (χ4v) is 18.2. The van der Waals surface area contributed by atoms with E-state index in [-0.39, 0.29) is 17.6 Å². The summed E-state index contributed by atoms with van der Waals surface area (Å²) in [6.07, 6.45) is 62.4. The maximum absolute atomic E-state index is 12.6. The molecule has 7 fully saturated rings. The number of carbonyl (C=O) groups excluding carboxylic acids is 4. The van der Waals surface area contributed by atoms with E-state index in [0.717, 1.165) is 116 Å². The van der Waals surface area contributed by atoms with Gasteiger partial charge in [-0.05, 0) is 161 Å². The molecule has 2 aliphatic carbocycles. The van der Waals surface area contributed by atoms with Crippen molar-refractivity contribution in [3.05, 3.63) is 204 Å². The number of terminal acetylenes is 3. The molecule has 138 heavy (non-hydrogen) atoms. The Bertz CT molecular complexity index is 5980. The number of anilines is 15. The van der Waals surface area contributed by atoms with Gasteiger partial charge in [0, 0.05) is 148 Å². The van der Waals surface area contributed by atoms with Gasteiger partial charge in [0.05, 0.1) is 133 Å². The van der Waals surface area contributed by atoms with E-state index >= 15 is 0 Å². The van der Waals surface area contributed by atoms with Gasteiger partial charge >= 0.3 is 5.97 Å². The highest BCUT2D eigenvalue weighted by molar-refractivity contribution is 6.01. The van der Waals surface area contributed by atoms with Crippen molar-refractivity contribution in [3.8, 4) is 48.2 Å². The number of nitrogens with zero attached hydrogens (tertiary/aromatic N) is 18. The predicted octanol–water partition coefficient (Wildman–Crippen LogP) is 15.7. The minimum Gasteiger partial charge on any atom is -0.465 e. The van der Waals surface area contributed by atoms with Crippen LogP contribution in [0.25, 0.3) is 11.1 Å². The van der Waals surface area contributed by atoms with Crippen LogP contribution < -0.4 is 63.4 Å². The first kappa shape index (κ1) is 99.0. The smallest absolute Gasteiger partial charge is 0.341 e. The number of ketones is 1. The number of fused-ring (bicyclic) bond motifs is 4. The lowest BCUT2D eigenvalue weighted by molar-refractivity contribution is 0.0600. The fraction of sp³-hybridized carbons (Fsp3) is 0.408. The SMILES string of the molecule is C#Cc1cnc(Nc2cc(N3CCOCC3)c(-c3ccccc3)cn2)cn1.C#Cc1cnc(Nc2cc(NC3CC4CCC(C3)N4C)c(C(=O)NCC)cn2)cn1.C#Cc1cnc(Nc2cc(NCC3CCCCC3)c(C(=O)NCC)cn2)cn1.CC(=O)c1cnc(Nc2cnc(C)cn2)cc1NC1CC2CCC(C1)N2C.COC(=O)c1cnc(Nc2cnc(C)cn2)cc1NCC1CCCCC1. The number of methoxy groups -OCH3 is 1. The average molecular weight is 1860 g/mol. The van der Waals surface area contributed by atoms with Gasteiger partial charge in [-0.15, -0.1) is 19.3 Å². The molecule has 11 N–H and O–H groups in total. The van der Waals surface area contributed by atoms with Gasteiger partial charge in [-0.25, -0.2) is 69.6 Å². The molecule has 15 heterocycles. The highest BCUT2D eigenvalue weighted by atomic mass is 16.5. The summed E-state index contributed by atoms with van der Waals surface area (Å²) < 4.78 is 10.4. The number of carbonyl (C=O) groups is 4. The lowest BCUT2D eigenvalue weighted by atomic mass is 9.89. The third kappa shape index (κ3) is 27.9. The van der Waals surface area contributed by atoms with Crippen molar-refractivity contribution in [2.24, 2.45) is 11.8 Å². The van der Waals surface area contributed by atoms with Crippen LogP contribution >= 0.6 is 0 Å². The molecule has 5 aliphatic heterocycles. The van der Waals surface area contributed by atoms with Gasteiger partial charge in [0.1, 0.15) is 80.8 Å². The maximum atomic E-state index is 12.6. The molecule has 7 aliphatic rings. The zero-order valence-corrected chi connectivity index (χ0v) is 79.7. The predicted molar refractivity (Wildman–Crippen MR) is 539 cm³/mol. The van der Waals surface area contributed by atoms with E-state index < -0.39 is 5.97 Å². The third-order valence-corrected chi connectivity index (χ3v) is 25.7. The van der Waals surface area contributed by atoms with Gasteiger partial charge in [0.25, 0.3) is 11.8 Å². The quantitative estimate of drug-likeness (QED) is 0.0123. The topological polar surface area (TPSA) is 422 Å². The lowest BCUT2D eigenvalue weighted by Crippen LogP contribution is -2.44. The van der Waals surface area contributed by atoms with Crippen LogP contribution in [-0.4, -0.2) is 218 Å². The van der Waals surface area contributed by atoms with Crippen LogP contribution in [-0.2, 0) is 9.47 Å². The number of ether oxygens (including phenoxy) is 2. The minimum absolute atomic E-state index is 0.0163. The number of aryl methyl sites for hydroxylation is 2. The molecule has 0 spiro atoms. The van der Waals surface area contributed by atoms with Crippen LogP contribution in [0, 0.1) is 62.7 Å². The molecular formula is C103H123N29O6. The first-order chi connectivity index (χ1) is 67.2. The molecule has 716 valence electrons. The van der Waals surface area contributed by atoms with E-state index in [1.807, 2.05) is 82.4 Å². The lowest BCUT2D eigenvalue weighted by Gasteiger charge is -2.37. The standard InChI is InChI=1S/C22H27N7O.C21H26N6O.C21H19N5O.C20H26N6O.C19H25N5O2/c1-4-14-11-25-21(13-24-14)28-20-10-19(18(12-26-20)22(30)23-5-2)27-15-8-16-6-7-17(9-15)29(16)3;1-3-16-12-25-20(14-23-16)27-19-10-18(17(13-26-19)21(28)22-4-2)24-11-15-8-6-5-7-9-15;1-2-17-13-23-21(15-22-17)25-20-12-19(26-8-10-27-11-9-26)18(14-24-20)16-6-4-3-5-7-16;1-12-9-22-20(11-21-12)25-19-8-18(17(10-23-19)13(2)27)24-14-6-15-4-5-16(7-14)26(15)3;1-13-9-22-18(12-20-13)24-17-8-16(15(11-23-17)19(25)26-2)21-10-14-6-4-3-5-7-14/h1,10-13,15-17H,5-9H2,2-3H3,(H,23,30)(H2,25,26,27,28);1,10,12-15H,4-9,11H2,2H3,(H,22,28)(H2,24,25,26,27);1,3-7,12-15H,8-11H2,(H,23,24,25);8-11,14-16H,4-7H2,1-3H3,(H2,22,23,24,25);8-9,11-12,14H,3-7,10H2,1-2H3,(H2,21,22,23,24). The number of morpholine rings is 1. The van der Waals surface area contributed by atoms with Crippen LogP contribution in [0.2, 0.25) is 0 Å². The first-order valence-corrected chi connectivity index (χ1v) is 47.5. The minimum atomic E-state index is -0.398. The van der Waals surface area contributed by atoms with Gasteiger partial charge in [-0.2, -0.15) is 0 Å². The van der Waals surface area contributed by atoms with Crippen LogP contribution in [0.5, 0.6) is 0 Å². The van der Waals surface area contributed by atoms with Crippen LogP contribution in [0.1, 0.15) is 206 Å². The molecule has 35 nitrogen and oxygen atoms in total. The second-order valence-corrected chi connectivity index (χ2v) is 35.3. The van der Waals surface area contributed by atoms with Crippen molar-refractivity contribution >= 4 is 110 Å². The van der Waals surface area contributed by atoms with Gasteiger partial charge in [0.2, 0.25) is 0 Å². The molecule has 35 heteroatoms. The molecule has 18 rings (SSSR count). The fourth-order valence-electron chi connectivity index (χ4n) is 18.2. The summed E-state index contributed by atoms with van der Waals surface area (Å²) in [5.74, 6) is 14.0. The first-order valence-electron chi connectivity index (χ1n) is 47.5. The van der Waals surface area contributed by atoms with E-state index in [9.17, 15) is 19.2 Å². The zero-order chi connectivity index (χ0) is 96.7. The summed E-state index contributed by atoms with van der Waals surface area (Å²) in [6, 6.07) is 23.0. The molecule has 11 aromatic rings. The average Bonchev–Trinajstić information content (AvgIpc) is 1.33. The van der Waals surface area contributed by atoms with E-state index in [0.29, 0.717) is 159 Å². The molecule has 1 aromatic carbocycles. The van der Waals surface area contributed by atoms with Gasteiger partial charge < -0.3 is 82.7 Å². The molecule has 4 bridgehead atoms. The summed E-state index contributed by atoms with van der Waals surface area (Å²) in [5.41, 5.74) is 11.8. The Morgan fingerprint density at radius 2 is 0.768 bits per heavy atom. The number of rotatable bonds is 28. The molecule has 5 saturated heterocycles. The van der Waals surface area contributed by atoms with Gasteiger partial charge in [-0.1, -0.05) is 68.9 Å². The Balaban J connectivity index is 0.000000138. The van der Waals surface area contributed by atoms with E-state index in [1.165, 1.54) is 116 Å². The Morgan fingerprint density at radius 1 is 0.413 bits per heavy atom. The molecule has 4 unspecified atom stereocenters. The maximum Gasteiger partial charge on any atom is 0.341 e. The summed E-state index contributed by atoms with van der Waals surface area (Å²) in [5, 5.41) is 35.6. The number of nitrogens with one attached hydrogen (secondary N) is 11. The number of hydrogen-bond donors (Lipinski definition) is 11. The highest BCUT2D eigenvalue weighted by Gasteiger charge is 2.40. The van der Waals surface area contributed by atoms with Crippen molar-refractivity contribution < 1.29 is 28.7 Å². The molecule has 10 aromatic heterocycles. The van der Waals surface area contributed by atoms with E-state index in [2.05, 4.69) is 192 Å². The number of benzene rings is 1. The number of aromatic nitrogens is 15. The second-order valence-electron chi connectivity index (χ2n) is 35.3. The highest BCUT2D eigenvalue weighted by Crippen LogP contribution is 2.40. The summed E-state index contributed by atoms with van der Waals surface area (Å²) >= 11 is 0. The van der Waals surface area contributed by atoms with Crippen LogP contribution in [0.15, 0.2) is 154 Å². The molecular weight excluding hydrogens is 1740 g/mol. The van der Waals surface area contributed by atoms with Crippen molar-refractivity contribution in [2.75, 3.05) is 126 Å². The van der Waals surface area contributed by atoms with Crippen LogP contribution in [0.4, 0.5) is 86.6 Å². The number of Topliss-reactive ketones (excluding diaryl/α,β-unsaturated/α-hetero) is 1. The van der Waals surface area contributed by atoms with E-state index in [1.54, 1.807) is 75.1 Å². The van der Waals surface area contributed by atoms with Crippen molar-refractivity contribution in [1.82, 2.24) is 95.2 Å². The number of piperidine rings is 2. The van der Waals surface area contributed by atoms with Crippen molar-refractivity contribution in [1.29, 1.82) is 0 Å². The summed E-state index contributed by atoms with van der Waals surface area (Å²) in [7, 11) is 5.83. The Morgan fingerprint density at radius 3 is 1.14 bits per heavy atom. The number of hydrogen-bond acceptors (Lipinski definition) is 33. The molecule has 4 atom stereocenters. The molecule has 0 radical (unpaired) electrons. The Labute approximate surface area is 806 Å². The number of amides is 2. The zero-order valence-electron chi connectivity index (χ0n) is 79.7.